The molecule has 0 saturated heterocycles. The fourth-order valence-corrected chi connectivity index (χ4v) is 3.63. The van der Waals surface area contributed by atoms with E-state index in [1.165, 1.54) is 12.1 Å². The van der Waals surface area contributed by atoms with Gasteiger partial charge in [0.2, 0.25) is 0 Å². The van der Waals surface area contributed by atoms with E-state index in [1.807, 2.05) is 18.2 Å². The molecular weight excluding hydrogens is 354 g/mol. The number of hydrogen-bond acceptors (Lipinski definition) is 5. The maximum absolute atomic E-state index is 12.6. The predicted octanol–water partition coefficient (Wildman–Crippen LogP) is 2.46. The Balaban J connectivity index is 1.72. The molecule has 1 heterocycles. The van der Waals surface area contributed by atoms with Crippen LogP contribution in [0.2, 0.25) is 0 Å². The number of sulfone groups is 1. The number of fused-ring (bicyclic) bond motifs is 1. The van der Waals surface area contributed by atoms with Crippen molar-refractivity contribution in [3.05, 3.63) is 48.0 Å². The van der Waals surface area contributed by atoms with Crippen LogP contribution in [-0.4, -0.2) is 40.8 Å². The standard InChI is InChI=1S/C19H21NO5S/c1-24-15-8-9-18-14(11-15)5-4-10-20(18)19(21)13-25-16-6-3-7-17(12-16)26(2,22)23/h3,6-9,11-12H,4-5,10,13H2,1-2H3. The Morgan fingerprint density at radius 3 is 2.69 bits per heavy atom. The third-order valence-electron chi connectivity index (χ3n) is 4.30. The molecule has 0 aromatic heterocycles. The number of carbonyl (C=O) groups is 1. The molecule has 0 aliphatic carbocycles. The molecule has 0 saturated carbocycles. The third-order valence-corrected chi connectivity index (χ3v) is 5.41. The monoisotopic (exact) mass is 375 g/mol. The molecule has 1 aliphatic heterocycles. The first kappa shape index (κ1) is 18.3. The van der Waals surface area contributed by atoms with Gasteiger partial charge in [0.1, 0.15) is 11.5 Å². The number of ether oxygens (including phenoxy) is 2. The topological polar surface area (TPSA) is 72.9 Å². The molecule has 0 spiro atoms. The Bertz CT molecular complexity index is 923. The van der Waals surface area contributed by atoms with Crippen molar-refractivity contribution in [1.82, 2.24) is 0 Å². The predicted molar refractivity (Wildman–Crippen MR) is 98.7 cm³/mol. The van der Waals surface area contributed by atoms with E-state index in [4.69, 9.17) is 9.47 Å². The molecule has 0 bridgehead atoms. The van der Waals surface area contributed by atoms with Gasteiger partial charge in [0.05, 0.1) is 12.0 Å². The van der Waals surface area contributed by atoms with E-state index in [2.05, 4.69) is 0 Å². The highest BCUT2D eigenvalue weighted by atomic mass is 32.2. The summed E-state index contributed by atoms with van der Waals surface area (Å²) in [4.78, 5) is 14.5. The molecule has 6 nitrogen and oxygen atoms in total. The van der Waals surface area contributed by atoms with Crippen LogP contribution < -0.4 is 14.4 Å². The normalized spacial score (nSPS) is 13.8. The zero-order valence-electron chi connectivity index (χ0n) is 14.8. The van der Waals surface area contributed by atoms with Gasteiger partial charge in [0.15, 0.2) is 16.4 Å². The van der Waals surface area contributed by atoms with Crippen LogP contribution in [0.4, 0.5) is 5.69 Å². The number of amides is 1. The molecule has 0 N–H and O–H groups in total. The Hall–Kier alpha value is -2.54. The number of carbonyl (C=O) groups excluding carboxylic acids is 1. The molecule has 0 radical (unpaired) electrons. The van der Waals surface area contributed by atoms with Crippen LogP contribution in [0.25, 0.3) is 0 Å². The Morgan fingerprint density at radius 1 is 1.15 bits per heavy atom. The molecule has 0 atom stereocenters. The molecule has 26 heavy (non-hydrogen) atoms. The second-order valence-corrected chi connectivity index (χ2v) is 8.20. The summed E-state index contributed by atoms with van der Waals surface area (Å²) in [5.74, 6) is 0.959. The van der Waals surface area contributed by atoms with Gasteiger partial charge in [0.25, 0.3) is 5.91 Å². The number of hydrogen-bond donors (Lipinski definition) is 0. The van der Waals surface area contributed by atoms with Crippen LogP contribution in [0.1, 0.15) is 12.0 Å². The minimum Gasteiger partial charge on any atom is -0.497 e. The van der Waals surface area contributed by atoms with Gasteiger partial charge < -0.3 is 14.4 Å². The van der Waals surface area contributed by atoms with Gasteiger partial charge in [-0.15, -0.1) is 0 Å². The lowest BCUT2D eigenvalue weighted by Gasteiger charge is -2.29. The quantitative estimate of drug-likeness (QED) is 0.803. The molecule has 138 valence electrons. The van der Waals surface area contributed by atoms with E-state index in [9.17, 15) is 13.2 Å². The number of nitrogens with zero attached hydrogens (tertiary/aromatic N) is 1. The fraction of sp³-hybridized carbons (Fsp3) is 0.316. The summed E-state index contributed by atoms with van der Waals surface area (Å²) >= 11 is 0. The zero-order valence-corrected chi connectivity index (χ0v) is 15.6. The first-order valence-electron chi connectivity index (χ1n) is 8.28. The summed E-state index contributed by atoms with van der Waals surface area (Å²) in [7, 11) is -1.70. The lowest BCUT2D eigenvalue weighted by atomic mass is 10.0. The molecule has 0 unspecified atom stereocenters. The largest absolute Gasteiger partial charge is 0.497 e. The smallest absolute Gasteiger partial charge is 0.264 e. The lowest BCUT2D eigenvalue weighted by molar-refractivity contribution is -0.120. The summed E-state index contributed by atoms with van der Waals surface area (Å²) in [6.07, 6.45) is 2.90. The molecule has 7 heteroatoms. The van der Waals surface area contributed by atoms with E-state index >= 15 is 0 Å². The minimum atomic E-state index is -3.32. The van der Waals surface area contributed by atoms with Crippen LogP contribution in [0.15, 0.2) is 47.4 Å². The van der Waals surface area contributed by atoms with Crippen molar-refractivity contribution in [3.8, 4) is 11.5 Å². The van der Waals surface area contributed by atoms with Crippen molar-refractivity contribution in [2.24, 2.45) is 0 Å². The highest BCUT2D eigenvalue weighted by molar-refractivity contribution is 7.90. The fourth-order valence-electron chi connectivity index (χ4n) is 2.98. The third kappa shape index (κ3) is 3.99. The van der Waals surface area contributed by atoms with Crippen molar-refractivity contribution in [2.45, 2.75) is 17.7 Å². The summed E-state index contributed by atoms with van der Waals surface area (Å²) in [6.45, 7) is 0.476. The van der Waals surface area contributed by atoms with Crippen LogP contribution in [0.5, 0.6) is 11.5 Å². The second-order valence-electron chi connectivity index (χ2n) is 6.18. The van der Waals surface area contributed by atoms with Crippen molar-refractivity contribution in [2.75, 3.05) is 31.4 Å². The van der Waals surface area contributed by atoms with E-state index < -0.39 is 9.84 Å². The molecular formula is C19H21NO5S. The Labute approximate surface area is 153 Å². The highest BCUT2D eigenvalue weighted by Gasteiger charge is 2.23. The number of benzene rings is 2. The molecule has 2 aromatic rings. The first-order valence-corrected chi connectivity index (χ1v) is 10.2. The molecule has 2 aromatic carbocycles. The van der Waals surface area contributed by atoms with Crippen LogP contribution >= 0.6 is 0 Å². The summed E-state index contributed by atoms with van der Waals surface area (Å²) in [6, 6.07) is 11.8. The highest BCUT2D eigenvalue weighted by Crippen LogP contribution is 2.30. The number of anilines is 1. The lowest BCUT2D eigenvalue weighted by Crippen LogP contribution is -2.38. The first-order chi connectivity index (χ1) is 12.4. The Morgan fingerprint density at radius 2 is 1.96 bits per heavy atom. The minimum absolute atomic E-state index is 0.154. The summed E-state index contributed by atoms with van der Waals surface area (Å²) in [5.41, 5.74) is 1.94. The van der Waals surface area contributed by atoms with Crippen molar-refractivity contribution in [3.63, 3.8) is 0 Å². The molecule has 0 fully saturated rings. The van der Waals surface area contributed by atoms with Gasteiger partial charge in [0, 0.05) is 18.5 Å². The van der Waals surface area contributed by atoms with E-state index in [1.54, 1.807) is 24.1 Å². The second kappa shape index (κ2) is 7.37. The zero-order chi connectivity index (χ0) is 18.7. The summed E-state index contributed by atoms with van der Waals surface area (Å²) in [5, 5.41) is 0. The average Bonchev–Trinajstić information content (AvgIpc) is 2.64. The van der Waals surface area contributed by atoms with E-state index in [-0.39, 0.29) is 17.4 Å². The maximum Gasteiger partial charge on any atom is 0.264 e. The van der Waals surface area contributed by atoms with Crippen LogP contribution in [-0.2, 0) is 21.1 Å². The Kier molecular flexibility index (Phi) is 5.18. The maximum atomic E-state index is 12.6. The van der Waals surface area contributed by atoms with Crippen molar-refractivity contribution in [1.29, 1.82) is 0 Å². The number of rotatable bonds is 5. The summed E-state index contributed by atoms with van der Waals surface area (Å²) < 4.78 is 34.0. The van der Waals surface area contributed by atoms with Crippen LogP contribution in [0.3, 0.4) is 0 Å². The van der Waals surface area contributed by atoms with Crippen molar-refractivity contribution >= 4 is 21.4 Å². The van der Waals surface area contributed by atoms with Gasteiger partial charge in [-0.3, -0.25) is 4.79 Å². The van der Waals surface area contributed by atoms with Gasteiger partial charge >= 0.3 is 0 Å². The van der Waals surface area contributed by atoms with Gasteiger partial charge in [-0.1, -0.05) is 6.07 Å². The van der Waals surface area contributed by atoms with E-state index in [0.717, 1.165) is 36.1 Å². The van der Waals surface area contributed by atoms with Gasteiger partial charge in [-0.05, 0) is 54.8 Å². The van der Waals surface area contributed by atoms with Gasteiger partial charge in [-0.25, -0.2) is 8.42 Å². The molecule has 3 rings (SSSR count). The number of methoxy groups -OCH3 is 1. The molecule has 1 aliphatic rings. The van der Waals surface area contributed by atoms with Crippen molar-refractivity contribution < 1.29 is 22.7 Å². The molecule has 1 amide bonds. The number of aryl methyl sites for hydroxylation is 1. The average molecular weight is 375 g/mol. The van der Waals surface area contributed by atoms with Gasteiger partial charge in [-0.2, -0.15) is 0 Å². The van der Waals surface area contributed by atoms with E-state index in [0.29, 0.717) is 12.3 Å². The van der Waals surface area contributed by atoms with Crippen LogP contribution in [0, 0.1) is 0 Å². The SMILES string of the molecule is COc1ccc2c(c1)CCCN2C(=O)COc1cccc(S(C)(=O)=O)c1.